The van der Waals surface area contributed by atoms with E-state index in [0.717, 1.165) is 39.8 Å². The predicted molar refractivity (Wildman–Crippen MR) is 117 cm³/mol. The first-order chi connectivity index (χ1) is 14.6. The Balaban J connectivity index is 1.56. The topological polar surface area (TPSA) is 37.9 Å². The molecule has 4 rings (SSSR count). The molecule has 0 atom stereocenters. The molecule has 1 heterocycles. The van der Waals surface area contributed by atoms with Crippen molar-refractivity contribution in [3.8, 4) is 28.3 Å². The maximum atomic E-state index is 13.4. The Kier molecular flexibility index (Phi) is 6.14. The lowest BCUT2D eigenvalue weighted by Gasteiger charge is -2.03. The maximum absolute atomic E-state index is 13.4. The molecule has 1 aromatic heterocycles. The Morgan fingerprint density at radius 1 is 0.800 bits per heavy atom. The number of methoxy groups -OCH3 is 1. The van der Waals surface area contributed by atoms with E-state index in [4.69, 9.17) is 9.72 Å². The van der Waals surface area contributed by atoms with Crippen molar-refractivity contribution in [1.82, 2.24) is 9.97 Å². The normalized spacial score (nSPS) is 10.9. The molecule has 0 spiro atoms. The average molecular weight is 423 g/mol. The second-order valence-electron chi connectivity index (χ2n) is 6.76. The number of H-pyrrole nitrogens is 1. The minimum absolute atomic E-state index is 0.295. The van der Waals surface area contributed by atoms with Crippen molar-refractivity contribution in [1.29, 1.82) is 0 Å². The first-order valence-electron chi connectivity index (χ1n) is 9.44. The van der Waals surface area contributed by atoms with E-state index >= 15 is 0 Å². The van der Waals surface area contributed by atoms with E-state index in [9.17, 15) is 8.78 Å². The number of hydrogen-bond donors (Lipinski definition) is 1. The highest BCUT2D eigenvalue weighted by atomic mass is 32.2. The lowest BCUT2D eigenvalue weighted by molar-refractivity contribution is 0.414. The molecule has 0 radical (unpaired) electrons. The number of nitrogens with one attached hydrogen (secondary N) is 1. The second kappa shape index (κ2) is 9.13. The van der Waals surface area contributed by atoms with Gasteiger partial charge in [-0.05, 0) is 66.2 Å². The molecule has 1 N–H and O–H groups in total. The summed E-state index contributed by atoms with van der Waals surface area (Å²) < 4.78 is 31.9. The van der Waals surface area contributed by atoms with Crippen molar-refractivity contribution in [2.75, 3.05) is 7.11 Å². The largest absolute Gasteiger partial charge is 0.497 e. The van der Waals surface area contributed by atoms with Crippen LogP contribution in [-0.2, 0) is 11.5 Å². The number of halogens is 2. The van der Waals surface area contributed by atoms with Crippen LogP contribution >= 0.6 is 11.8 Å². The van der Waals surface area contributed by atoms with Gasteiger partial charge in [-0.25, -0.2) is 13.8 Å². The molecule has 0 saturated heterocycles. The molecule has 0 aliphatic heterocycles. The first kappa shape index (κ1) is 20.2. The Morgan fingerprint density at radius 2 is 1.40 bits per heavy atom. The van der Waals surface area contributed by atoms with Crippen LogP contribution in [0.3, 0.4) is 0 Å². The van der Waals surface area contributed by atoms with E-state index in [1.54, 1.807) is 43.1 Å². The fourth-order valence-corrected chi connectivity index (χ4v) is 3.98. The molecular formula is C24H20F2N2OS. The summed E-state index contributed by atoms with van der Waals surface area (Å²) in [5.41, 5.74) is 4.35. The molecule has 0 aliphatic rings. The van der Waals surface area contributed by atoms with Crippen LogP contribution in [0.1, 0.15) is 11.4 Å². The van der Waals surface area contributed by atoms with Gasteiger partial charge in [0.2, 0.25) is 0 Å². The molecule has 0 bridgehead atoms. The summed E-state index contributed by atoms with van der Waals surface area (Å²) in [5.74, 6) is 2.57. The van der Waals surface area contributed by atoms with Gasteiger partial charge in [-0.15, -0.1) is 11.8 Å². The predicted octanol–water partition coefficient (Wildman–Crippen LogP) is 6.46. The molecule has 0 unspecified atom stereocenters. The molecule has 3 nitrogen and oxygen atoms in total. The number of imidazole rings is 1. The summed E-state index contributed by atoms with van der Waals surface area (Å²) in [6, 6.07) is 20.5. The monoisotopic (exact) mass is 422 g/mol. The lowest BCUT2D eigenvalue weighted by atomic mass is 10.1. The molecule has 0 saturated carbocycles. The number of rotatable bonds is 7. The fraction of sp³-hybridized carbons (Fsp3) is 0.125. The van der Waals surface area contributed by atoms with Gasteiger partial charge in [0.25, 0.3) is 0 Å². The molecular weight excluding hydrogens is 402 g/mol. The molecule has 4 aromatic rings. The fourth-order valence-electron chi connectivity index (χ4n) is 3.12. The number of benzene rings is 3. The number of thioether (sulfide) groups is 1. The minimum Gasteiger partial charge on any atom is -0.497 e. The van der Waals surface area contributed by atoms with E-state index in [-0.39, 0.29) is 11.6 Å². The Morgan fingerprint density at radius 3 is 2.00 bits per heavy atom. The third-order valence-electron chi connectivity index (χ3n) is 4.67. The summed E-state index contributed by atoms with van der Waals surface area (Å²) in [5, 5.41) is 0. The second-order valence-corrected chi connectivity index (χ2v) is 7.75. The van der Waals surface area contributed by atoms with E-state index in [0.29, 0.717) is 5.75 Å². The number of ether oxygens (including phenoxy) is 1. The molecule has 0 fully saturated rings. The van der Waals surface area contributed by atoms with Crippen LogP contribution in [0.15, 0.2) is 72.8 Å². The van der Waals surface area contributed by atoms with Crippen molar-refractivity contribution in [3.05, 3.63) is 95.8 Å². The van der Waals surface area contributed by atoms with E-state index in [1.807, 2.05) is 24.3 Å². The zero-order valence-corrected chi connectivity index (χ0v) is 17.2. The van der Waals surface area contributed by atoms with Gasteiger partial charge in [0.15, 0.2) is 0 Å². The zero-order valence-electron chi connectivity index (χ0n) is 16.4. The van der Waals surface area contributed by atoms with Crippen molar-refractivity contribution < 1.29 is 13.5 Å². The number of aromatic nitrogens is 2. The van der Waals surface area contributed by atoms with Crippen LogP contribution in [-0.4, -0.2) is 17.1 Å². The minimum atomic E-state index is -0.298. The van der Waals surface area contributed by atoms with Crippen LogP contribution < -0.4 is 4.74 Å². The van der Waals surface area contributed by atoms with Gasteiger partial charge in [-0.3, -0.25) is 0 Å². The summed E-state index contributed by atoms with van der Waals surface area (Å²) in [6.07, 6.45) is 0. The molecule has 6 heteroatoms. The van der Waals surface area contributed by atoms with Crippen LogP contribution in [0.4, 0.5) is 8.78 Å². The third-order valence-corrected chi connectivity index (χ3v) is 5.68. The Labute approximate surface area is 178 Å². The van der Waals surface area contributed by atoms with Crippen molar-refractivity contribution in [3.63, 3.8) is 0 Å². The SMILES string of the molecule is COc1ccc(CSCc2nc(-c3ccc(F)cc3)c(-c3ccc(F)cc3)[nH]2)cc1. The lowest BCUT2D eigenvalue weighted by Crippen LogP contribution is -1.87. The quantitative estimate of drug-likeness (QED) is 0.371. The maximum Gasteiger partial charge on any atom is 0.123 e. The van der Waals surface area contributed by atoms with E-state index in [1.165, 1.54) is 29.8 Å². The molecule has 30 heavy (non-hydrogen) atoms. The van der Waals surface area contributed by atoms with Crippen LogP contribution in [0.5, 0.6) is 5.75 Å². The van der Waals surface area contributed by atoms with Crippen molar-refractivity contribution in [2.24, 2.45) is 0 Å². The van der Waals surface area contributed by atoms with Crippen LogP contribution in [0, 0.1) is 11.6 Å². The Hall–Kier alpha value is -3.12. The van der Waals surface area contributed by atoms with Gasteiger partial charge in [-0.2, -0.15) is 0 Å². The van der Waals surface area contributed by atoms with Gasteiger partial charge in [-0.1, -0.05) is 12.1 Å². The number of aromatic amines is 1. The smallest absolute Gasteiger partial charge is 0.123 e. The molecule has 0 amide bonds. The summed E-state index contributed by atoms with van der Waals surface area (Å²) >= 11 is 1.74. The summed E-state index contributed by atoms with van der Waals surface area (Å²) in [4.78, 5) is 8.12. The van der Waals surface area contributed by atoms with Crippen LogP contribution in [0.25, 0.3) is 22.5 Å². The van der Waals surface area contributed by atoms with Crippen molar-refractivity contribution in [2.45, 2.75) is 11.5 Å². The van der Waals surface area contributed by atoms with Gasteiger partial charge < -0.3 is 9.72 Å². The van der Waals surface area contributed by atoms with E-state index in [2.05, 4.69) is 4.98 Å². The summed E-state index contributed by atoms with van der Waals surface area (Å²) in [7, 11) is 1.65. The van der Waals surface area contributed by atoms with Crippen LogP contribution in [0.2, 0.25) is 0 Å². The highest BCUT2D eigenvalue weighted by Crippen LogP contribution is 2.31. The molecule has 3 aromatic carbocycles. The third kappa shape index (κ3) is 4.71. The van der Waals surface area contributed by atoms with Gasteiger partial charge in [0.1, 0.15) is 23.2 Å². The Bertz CT molecular complexity index is 1040. The molecule has 0 aliphatic carbocycles. The highest BCUT2D eigenvalue weighted by molar-refractivity contribution is 7.97. The standard InChI is InChI=1S/C24H20F2N2OS/c1-29-21-12-2-16(3-13-21)14-30-15-22-27-23(17-4-8-19(25)9-5-17)24(28-22)18-6-10-20(26)11-7-18/h2-13H,14-15H2,1H3,(H,27,28). The average Bonchev–Trinajstić information content (AvgIpc) is 3.19. The molecule has 152 valence electrons. The first-order valence-corrected chi connectivity index (χ1v) is 10.6. The van der Waals surface area contributed by atoms with E-state index < -0.39 is 0 Å². The highest BCUT2D eigenvalue weighted by Gasteiger charge is 2.14. The van der Waals surface area contributed by atoms with Crippen molar-refractivity contribution >= 4 is 11.8 Å². The zero-order chi connectivity index (χ0) is 20.9. The number of nitrogens with zero attached hydrogens (tertiary/aromatic N) is 1. The van der Waals surface area contributed by atoms with Gasteiger partial charge >= 0.3 is 0 Å². The van der Waals surface area contributed by atoms with Gasteiger partial charge in [0, 0.05) is 16.9 Å². The summed E-state index contributed by atoms with van der Waals surface area (Å²) in [6.45, 7) is 0. The number of hydrogen-bond acceptors (Lipinski definition) is 3. The van der Waals surface area contributed by atoms with Gasteiger partial charge in [0.05, 0.1) is 24.3 Å².